The Morgan fingerprint density at radius 3 is 2.52 bits per heavy atom. The minimum Gasteiger partial charge on any atom is -0.444 e. The van der Waals surface area contributed by atoms with Crippen LogP contribution in [0.2, 0.25) is 0 Å². The monoisotopic (exact) mass is 288 g/mol. The van der Waals surface area contributed by atoms with Gasteiger partial charge >= 0.3 is 6.09 Å². The maximum atomic E-state index is 11.7. The van der Waals surface area contributed by atoms with Crippen molar-refractivity contribution in [3.05, 3.63) is 35.4 Å². The molecule has 0 heterocycles. The molecule has 0 unspecified atom stereocenters. The van der Waals surface area contributed by atoms with Crippen molar-refractivity contribution in [2.75, 3.05) is 13.6 Å². The number of benzene rings is 1. The molecule has 112 valence electrons. The molecule has 0 aliphatic carbocycles. The molecular weight excluding hydrogens is 268 g/mol. The second-order valence-corrected chi connectivity index (χ2v) is 5.28. The van der Waals surface area contributed by atoms with Crippen molar-refractivity contribution < 1.29 is 14.3 Å². The Kier molecular flexibility index (Phi) is 5.79. The molecule has 2 N–H and O–H groups in total. The van der Waals surface area contributed by atoms with Crippen LogP contribution in [0.1, 0.15) is 36.7 Å². The number of carbonyl (C=O) groups is 2. The van der Waals surface area contributed by atoms with E-state index in [9.17, 15) is 9.59 Å². The topological polar surface area (TPSA) is 67.4 Å². The van der Waals surface area contributed by atoms with Crippen molar-refractivity contribution in [2.45, 2.75) is 26.4 Å². The molecule has 0 aromatic heterocycles. The van der Waals surface area contributed by atoms with Gasteiger partial charge in [-0.2, -0.15) is 0 Å². The van der Waals surface area contributed by atoms with Crippen molar-refractivity contribution in [1.29, 1.82) is 0 Å². The van der Waals surface area contributed by atoms with Crippen molar-refractivity contribution in [1.82, 2.24) is 10.6 Å². The first-order valence-corrected chi connectivity index (χ1v) is 6.60. The second kappa shape index (κ2) is 7.34. The van der Waals surface area contributed by atoms with Crippen LogP contribution in [-0.4, -0.2) is 31.2 Å². The molecule has 0 bridgehead atoms. The Morgan fingerprint density at radius 1 is 1.24 bits per heavy atom. The first-order valence-electron chi connectivity index (χ1n) is 6.60. The molecule has 0 fully saturated rings. The van der Waals surface area contributed by atoms with Gasteiger partial charge in [-0.05, 0) is 32.9 Å². The van der Waals surface area contributed by atoms with E-state index in [1.54, 1.807) is 52.1 Å². The summed E-state index contributed by atoms with van der Waals surface area (Å²) in [7, 11) is 1.57. The molecule has 2 amide bonds. The van der Waals surface area contributed by atoms with E-state index >= 15 is 0 Å². The summed E-state index contributed by atoms with van der Waals surface area (Å²) in [5.74, 6) is 5.47. The van der Waals surface area contributed by atoms with Crippen molar-refractivity contribution in [2.24, 2.45) is 0 Å². The average molecular weight is 288 g/mol. The zero-order valence-corrected chi connectivity index (χ0v) is 12.7. The highest BCUT2D eigenvalue weighted by atomic mass is 16.6. The minimum absolute atomic E-state index is 0.150. The number of rotatable bonds is 2. The maximum Gasteiger partial charge on any atom is 0.408 e. The van der Waals surface area contributed by atoms with Gasteiger partial charge < -0.3 is 15.4 Å². The summed E-state index contributed by atoms with van der Waals surface area (Å²) in [5, 5.41) is 5.10. The zero-order chi connectivity index (χ0) is 15.9. The van der Waals surface area contributed by atoms with E-state index in [1.165, 1.54) is 0 Å². The summed E-state index contributed by atoms with van der Waals surface area (Å²) in [6.45, 7) is 5.52. The molecule has 0 spiro atoms. The van der Waals surface area contributed by atoms with Crippen LogP contribution in [0.15, 0.2) is 24.3 Å². The van der Waals surface area contributed by atoms with Crippen molar-refractivity contribution >= 4 is 12.0 Å². The summed E-state index contributed by atoms with van der Waals surface area (Å²) < 4.78 is 5.09. The molecule has 5 nitrogen and oxygen atoms in total. The molecule has 0 saturated carbocycles. The Hall–Kier alpha value is -2.48. The third kappa shape index (κ3) is 6.00. The molecule has 5 heteroatoms. The highest BCUT2D eigenvalue weighted by Crippen LogP contribution is 2.07. The Morgan fingerprint density at radius 2 is 1.90 bits per heavy atom. The molecule has 0 aliphatic rings. The highest BCUT2D eigenvalue weighted by molar-refractivity contribution is 5.96. The fraction of sp³-hybridized carbons (Fsp3) is 0.375. The molecule has 0 saturated heterocycles. The first kappa shape index (κ1) is 16.6. The van der Waals surface area contributed by atoms with Gasteiger partial charge in [0, 0.05) is 12.6 Å². The fourth-order valence-electron chi connectivity index (χ4n) is 1.49. The molecule has 0 atom stereocenters. The van der Waals surface area contributed by atoms with Crippen LogP contribution >= 0.6 is 0 Å². The van der Waals surface area contributed by atoms with Crippen LogP contribution in [0, 0.1) is 11.8 Å². The SMILES string of the molecule is CNC(=O)c1ccccc1C#CCNC(=O)OC(C)(C)C. The zero-order valence-electron chi connectivity index (χ0n) is 12.7. The van der Waals surface area contributed by atoms with E-state index in [0.29, 0.717) is 11.1 Å². The predicted octanol–water partition coefficient (Wildman–Crippen LogP) is 1.92. The smallest absolute Gasteiger partial charge is 0.408 e. The molecule has 0 radical (unpaired) electrons. The lowest BCUT2D eigenvalue weighted by Gasteiger charge is -2.19. The Bertz CT molecular complexity index is 577. The first-order chi connectivity index (χ1) is 9.83. The number of ether oxygens (including phenoxy) is 1. The van der Waals surface area contributed by atoms with E-state index in [0.717, 1.165) is 0 Å². The van der Waals surface area contributed by atoms with Gasteiger partial charge in [0.1, 0.15) is 5.60 Å². The van der Waals surface area contributed by atoms with Crippen LogP contribution < -0.4 is 10.6 Å². The number of alkyl carbamates (subject to hydrolysis) is 1. The van der Waals surface area contributed by atoms with Crippen LogP contribution in [-0.2, 0) is 4.74 Å². The van der Waals surface area contributed by atoms with Crippen molar-refractivity contribution in [3.63, 3.8) is 0 Å². The van der Waals surface area contributed by atoms with Gasteiger partial charge in [-0.3, -0.25) is 4.79 Å². The van der Waals surface area contributed by atoms with E-state index in [4.69, 9.17) is 4.74 Å². The summed E-state index contributed by atoms with van der Waals surface area (Å²) in [5.41, 5.74) is 0.580. The highest BCUT2D eigenvalue weighted by Gasteiger charge is 2.15. The molecule has 21 heavy (non-hydrogen) atoms. The molecule has 1 aromatic carbocycles. The van der Waals surface area contributed by atoms with Crippen LogP contribution in [0.3, 0.4) is 0 Å². The number of carbonyl (C=O) groups excluding carboxylic acids is 2. The fourth-order valence-corrected chi connectivity index (χ4v) is 1.49. The lowest BCUT2D eigenvalue weighted by atomic mass is 10.1. The van der Waals surface area contributed by atoms with Crippen LogP contribution in [0.4, 0.5) is 4.79 Å². The van der Waals surface area contributed by atoms with E-state index in [2.05, 4.69) is 22.5 Å². The lowest BCUT2D eigenvalue weighted by Crippen LogP contribution is -2.32. The number of hydrogen-bond acceptors (Lipinski definition) is 3. The standard InChI is InChI=1S/C16H20N2O3/c1-16(2,3)21-15(20)18-11-7-9-12-8-5-6-10-13(12)14(19)17-4/h5-6,8,10H,11H2,1-4H3,(H,17,19)(H,18,20). The van der Waals surface area contributed by atoms with Gasteiger partial charge in [-0.25, -0.2) is 4.79 Å². The largest absolute Gasteiger partial charge is 0.444 e. The summed E-state index contributed by atoms with van der Waals surface area (Å²) in [6.07, 6.45) is -0.517. The minimum atomic E-state index is -0.538. The van der Waals surface area contributed by atoms with Gasteiger partial charge in [-0.1, -0.05) is 24.0 Å². The third-order valence-corrected chi connectivity index (χ3v) is 2.34. The molecule has 0 aliphatic heterocycles. The van der Waals surface area contributed by atoms with E-state index in [1.807, 2.05) is 0 Å². The third-order valence-electron chi connectivity index (χ3n) is 2.34. The van der Waals surface area contributed by atoms with Gasteiger partial charge in [0.25, 0.3) is 5.91 Å². The lowest BCUT2D eigenvalue weighted by molar-refractivity contribution is 0.0535. The van der Waals surface area contributed by atoms with Gasteiger partial charge in [0.05, 0.1) is 12.1 Å². The Balaban J connectivity index is 2.64. The van der Waals surface area contributed by atoms with E-state index in [-0.39, 0.29) is 12.5 Å². The summed E-state index contributed by atoms with van der Waals surface area (Å²) in [4.78, 5) is 23.1. The molecule has 1 aromatic rings. The summed E-state index contributed by atoms with van der Waals surface area (Å²) in [6, 6.07) is 7.03. The van der Waals surface area contributed by atoms with E-state index < -0.39 is 11.7 Å². The number of amides is 2. The maximum absolute atomic E-state index is 11.7. The molecule has 1 rings (SSSR count). The van der Waals surface area contributed by atoms with Gasteiger partial charge in [0.2, 0.25) is 0 Å². The van der Waals surface area contributed by atoms with Gasteiger partial charge in [-0.15, -0.1) is 0 Å². The average Bonchev–Trinajstić information content (AvgIpc) is 2.41. The summed E-state index contributed by atoms with van der Waals surface area (Å²) >= 11 is 0. The second-order valence-electron chi connectivity index (χ2n) is 5.28. The quantitative estimate of drug-likeness (QED) is 0.817. The number of hydrogen-bond donors (Lipinski definition) is 2. The number of nitrogens with one attached hydrogen (secondary N) is 2. The predicted molar refractivity (Wildman–Crippen MR) is 80.9 cm³/mol. The Labute approximate surface area is 125 Å². The molecular formula is C16H20N2O3. The van der Waals surface area contributed by atoms with Gasteiger partial charge in [0.15, 0.2) is 0 Å². The van der Waals surface area contributed by atoms with Crippen LogP contribution in [0.5, 0.6) is 0 Å². The van der Waals surface area contributed by atoms with Crippen molar-refractivity contribution in [3.8, 4) is 11.8 Å². The normalized spacial score (nSPS) is 10.1. The van der Waals surface area contributed by atoms with Crippen LogP contribution in [0.25, 0.3) is 0 Å².